The van der Waals surface area contributed by atoms with Gasteiger partial charge in [0.05, 0.1) is 17.9 Å². The quantitative estimate of drug-likeness (QED) is 0.551. The first-order valence-corrected chi connectivity index (χ1v) is 11.9. The van der Waals surface area contributed by atoms with Crippen molar-refractivity contribution in [2.75, 3.05) is 19.7 Å². The monoisotopic (exact) mass is 462 g/mol. The Bertz CT molecular complexity index is 1040. The summed E-state index contributed by atoms with van der Waals surface area (Å²) in [5, 5.41) is 6.31. The summed E-state index contributed by atoms with van der Waals surface area (Å²) in [5.74, 6) is 1.36. The lowest BCUT2D eigenvalue weighted by atomic mass is 10.1. The van der Waals surface area contributed by atoms with E-state index in [1.54, 1.807) is 24.8 Å². The van der Waals surface area contributed by atoms with Gasteiger partial charge in [-0.3, -0.25) is 14.8 Å². The third-order valence-electron chi connectivity index (χ3n) is 5.40. The standard InChI is InChI=1S/C18H23N5O.C8H11NO/c1-2-4-13-7-14(9-20-8-13)17-21-10-15(11-22-17)18(24)23-16-5-3-6-19-12-16;1-3-10-8-5-4-6-9-7(8)2/h7-11,16,19H,2-6,12H2,1H3,(H,23,24);4-6H,3H2,1-2H3. The molecule has 1 fully saturated rings. The van der Waals surface area contributed by atoms with Crippen LogP contribution in [0.25, 0.3) is 11.4 Å². The van der Waals surface area contributed by atoms with Crippen molar-refractivity contribution in [3.63, 3.8) is 0 Å². The molecule has 0 radical (unpaired) electrons. The second kappa shape index (κ2) is 13.3. The molecule has 0 saturated carbocycles. The van der Waals surface area contributed by atoms with Gasteiger partial charge in [-0.1, -0.05) is 13.3 Å². The van der Waals surface area contributed by atoms with Gasteiger partial charge in [0, 0.05) is 49.1 Å². The van der Waals surface area contributed by atoms with E-state index in [9.17, 15) is 4.79 Å². The predicted molar refractivity (Wildman–Crippen MR) is 133 cm³/mol. The number of pyridine rings is 2. The molecule has 1 unspecified atom stereocenters. The average molecular weight is 463 g/mol. The van der Waals surface area contributed by atoms with E-state index in [2.05, 4.69) is 43.6 Å². The molecular weight excluding hydrogens is 428 g/mol. The van der Waals surface area contributed by atoms with Crippen LogP contribution in [0.5, 0.6) is 5.75 Å². The predicted octanol–water partition coefficient (Wildman–Crippen LogP) is 3.76. The van der Waals surface area contributed by atoms with Gasteiger partial charge < -0.3 is 15.4 Å². The maximum absolute atomic E-state index is 12.3. The molecule has 8 nitrogen and oxygen atoms in total. The summed E-state index contributed by atoms with van der Waals surface area (Å²) < 4.78 is 5.27. The lowest BCUT2D eigenvalue weighted by Gasteiger charge is -2.23. The van der Waals surface area contributed by atoms with Gasteiger partial charge in [-0.05, 0) is 63.4 Å². The van der Waals surface area contributed by atoms with Crippen LogP contribution in [-0.2, 0) is 6.42 Å². The molecule has 1 aliphatic heterocycles. The van der Waals surface area contributed by atoms with Crippen LogP contribution in [-0.4, -0.2) is 51.6 Å². The zero-order valence-corrected chi connectivity index (χ0v) is 20.3. The summed E-state index contributed by atoms with van der Waals surface area (Å²) in [6, 6.07) is 6.03. The number of carbonyl (C=O) groups excluding carboxylic acids is 1. The molecule has 34 heavy (non-hydrogen) atoms. The Hall–Kier alpha value is -3.39. The summed E-state index contributed by atoms with van der Waals surface area (Å²) >= 11 is 0. The van der Waals surface area contributed by atoms with E-state index in [0.717, 1.165) is 55.8 Å². The van der Waals surface area contributed by atoms with Crippen molar-refractivity contribution < 1.29 is 9.53 Å². The van der Waals surface area contributed by atoms with Crippen molar-refractivity contribution in [1.29, 1.82) is 0 Å². The van der Waals surface area contributed by atoms with Gasteiger partial charge in [0.1, 0.15) is 5.75 Å². The Morgan fingerprint density at radius 3 is 2.68 bits per heavy atom. The molecular formula is C26H34N6O2. The highest BCUT2D eigenvalue weighted by Gasteiger charge is 2.17. The Morgan fingerprint density at radius 1 is 1.18 bits per heavy atom. The largest absolute Gasteiger partial charge is 0.492 e. The van der Waals surface area contributed by atoms with Crippen molar-refractivity contribution in [2.45, 2.75) is 52.5 Å². The molecule has 4 rings (SSSR count). The van der Waals surface area contributed by atoms with Gasteiger partial charge in [0.25, 0.3) is 5.91 Å². The second-order valence-corrected chi connectivity index (χ2v) is 8.16. The molecule has 1 saturated heterocycles. The maximum Gasteiger partial charge on any atom is 0.254 e. The van der Waals surface area contributed by atoms with Crippen molar-refractivity contribution in [1.82, 2.24) is 30.6 Å². The number of aryl methyl sites for hydroxylation is 2. The minimum atomic E-state index is -0.117. The lowest BCUT2D eigenvalue weighted by Crippen LogP contribution is -2.45. The molecule has 0 spiro atoms. The number of hydrogen-bond acceptors (Lipinski definition) is 7. The highest BCUT2D eigenvalue weighted by atomic mass is 16.5. The highest BCUT2D eigenvalue weighted by Crippen LogP contribution is 2.16. The molecule has 3 aromatic rings. The SMILES string of the molecule is CCCc1cncc(-c2ncc(C(=O)NC3CCCNC3)cn2)c1.CCOc1cccnc1C. The van der Waals surface area contributed by atoms with Crippen LogP contribution >= 0.6 is 0 Å². The lowest BCUT2D eigenvalue weighted by molar-refractivity contribution is 0.0930. The molecule has 0 aromatic carbocycles. The number of nitrogens with zero attached hydrogens (tertiary/aromatic N) is 4. The Labute approximate surface area is 201 Å². The molecule has 4 heterocycles. The van der Waals surface area contributed by atoms with Crippen LogP contribution in [0.15, 0.2) is 49.2 Å². The number of rotatable bonds is 7. The molecule has 3 aromatic heterocycles. The minimum absolute atomic E-state index is 0.117. The summed E-state index contributed by atoms with van der Waals surface area (Å²) in [4.78, 5) is 29.3. The number of piperidine rings is 1. The van der Waals surface area contributed by atoms with Gasteiger partial charge >= 0.3 is 0 Å². The first-order valence-electron chi connectivity index (χ1n) is 11.9. The molecule has 1 aliphatic rings. The van der Waals surface area contributed by atoms with E-state index in [1.807, 2.05) is 32.2 Å². The van der Waals surface area contributed by atoms with E-state index >= 15 is 0 Å². The van der Waals surface area contributed by atoms with Crippen LogP contribution in [0.2, 0.25) is 0 Å². The Morgan fingerprint density at radius 2 is 2.00 bits per heavy atom. The smallest absolute Gasteiger partial charge is 0.254 e. The van der Waals surface area contributed by atoms with E-state index in [0.29, 0.717) is 18.0 Å². The third kappa shape index (κ3) is 7.59. The van der Waals surface area contributed by atoms with Gasteiger partial charge in [-0.2, -0.15) is 0 Å². The van der Waals surface area contributed by atoms with Crippen molar-refractivity contribution >= 4 is 5.91 Å². The minimum Gasteiger partial charge on any atom is -0.492 e. The number of hydrogen-bond donors (Lipinski definition) is 2. The van der Waals surface area contributed by atoms with Crippen LogP contribution in [0.4, 0.5) is 0 Å². The van der Waals surface area contributed by atoms with E-state index < -0.39 is 0 Å². The van der Waals surface area contributed by atoms with Crippen LogP contribution < -0.4 is 15.4 Å². The fourth-order valence-electron chi connectivity index (χ4n) is 3.65. The van der Waals surface area contributed by atoms with Crippen molar-refractivity contribution in [3.05, 3.63) is 66.0 Å². The molecule has 180 valence electrons. The summed E-state index contributed by atoms with van der Waals surface area (Å²) in [5.41, 5.74) is 3.49. The van der Waals surface area contributed by atoms with Gasteiger partial charge in [-0.25, -0.2) is 9.97 Å². The molecule has 0 aliphatic carbocycles. The highest BCUT2D eigenvalue weighted by molar-refractivity contribution is 5.93. The number of ether oxygens (including phenoxy) is 1. The van der Waals surface area contributed by atoms with E-state index in [4.69, 9.17) is 4.74 Å². The maximum atomic E-state index is 12.3. The Kier molecular flexibility index (Phi) is 9.91. The molecule has 8 heteroatoms. The molecule has 1 atom stereocenters. The number of amides is 1. The summed E-state index contributed by atoms with van der Waals surface area (Å²) in [7, 11) is 0. The van der Waals surface area contributed by atoms with Crippen LogP contribution in [0.3, 0.4) is 0 Å². The fraction of sp³-hybridized carbons (Fsp3) is 0.423. The van der Waals surface area contributed by atoms with Gasteiger partial charge in [0.15, 0.2) is 5.82 Å². The number of nitrogens with one attached hydrogen (secondary N) is 2. The third-order valence-corrected chi connectivity index (χ3v) is 5.40. The topological polar surface area (TPSA) is 102 Å². The zero-order chi connectivity index (χ0) is 24.2. The Balaban J connectivity index is 0.000000271. The summed E-state index contributed by atoms with van der Waals surface area (Å²) in [6.45, 7) is 8.58. The van der Waals surface area contributed by atoms with E-state index in [1.165, 1.54) is 5.56 Å². The van der Waals surface area contributed by atoms with Crippen molar-refractivity contribution in [2.24, 2.45) is 0 Å². The zero-order valence-electron chi connectivity index (χ0n) is 20.3. The van der Waals surface area contributed by atoms with Crippen molar-refractivity contribution in [3.8, 4) is 17.1 Å². The number of carbonyl (C=O) groups is 1. The average Bonchev–Trinajstić information content (AvgIpc) is 2.87. The molecule has 0 bridgehead atoms. The van der Waals surface area contributed by atoms with Gasteiger partial charge in [0.2, 0.25) is 0 Å². The molecule has 1 amide bonds. The fourth-order valence-corrected chi connectivity index (χ4v) is 3.65. The second-order valence-electron chi connectivity index (χ2n) is 8.16. The number of aromatic nitrogens is 4. The first-order chi connectivity index (χ1) is 16.6. The van der Waals surface area contributed by atoms with E-state index in [-0.39, 0.29) is 11.9 Å². The van der Waals surface area contributed by atoms with Crippen LogP contribution in [0.1, 0.15) is 54.7 Å². The van der Waals surface area contributed by atoms with Gasteiger partial charge in [-0.15, -0.1) is 0 Å². The first kappa shape index (κ1) is 25.2. The van der Waals surface area contributed by atoms with Crippen LogP contribution in [0, 0.1) is 6.92 Å². The normalized spacial score (nSPS) is 15.1. The molecule has 2 N–H and O–H groups in total. The summed E-state index contributed by atoms with van der Waals surface area (Å²) in [6.07, 6.45) is 12.7.